The molecule has 0 saturated heterocycles. The third kappa shape index (κ3) is 4.52. The van der Waals surface area contributed by atoms with Crippen LogP contribution >= 0.6 is 0 Å². The Morgan fingerprint density at radius 1 is 1.27 bits per heavy atom. The van der Waals surface area contributed by atoms with Crippen molar-refractivity contribution in [3.8, 4) is 0 Å². The lowest BCUT2D eigenvalue weighted by Crippen LogP contribution is -2.40. The van der Waals surface area contributed by atoms with Gasteiger partial charge in [0.25, 0.3) is 0 Å². The second-order valence-corrected chi connectivity index (χ2v) is 5.73. The van der Waals surface area contributed by atoms with E-state index in [1.807, 2.05) is 0 Å². The number of likely N-dealkylation sites (N-methyl/N-ethyl adjacent to an activating group) is 2. The van der Waals surface area contributed by atoms with Crippen molar-refractivity contribution < 1.29 is 0 Å². The molecular formula is C13H28N2. The van der Waals surface area contributed by atoms with Crippen LogP contribution in [0.4, 0.5) is 0 Å². The van der Waals surface area contributed by atoms with Gasteiger partial charge in [-0.25, -0.2) is 0 Å². The van der Waals surface area contributed by atoms with Gasteiger partial charge in [-0.2, -0.15) is 0 Å². The largest absolute Gasteiger partial charge is 0.316 e. The molecular weight excluding hydrogens is 184 g/mol. The molecule has 1 fully saturated rings. The Bertz CT molecular complexity index is 167. The van der Waals surface area contributed by atoms with E-state index >= 15 is 0 Å². The van der Waals surface area contributed by atoms with Crippen molar-refractivity contribution in [1.82, 2.24) is 10.2 Å². The van der Waals surface area contributed by atoms with Gasteiger partial charge in [-0.3, -0.25) is 0 Å². The zero-order chi connectivity index (χ0) is 11.3. The zero-order valence-corrected chi connectivity index (χ0v) is 11.0. The fourth-order valence-corrected chi connectivity index (χ4v) is 2.44. The van der Waals surface area contributed by atoms with Gasteiger partial charge in [-0.15, -0.1) is 0 Å². The van der Waals surface area contributed by atoms with Gasteiger partial charge in [0.15, 0.2) is 0 Å². The van der Waals surface area contributed by atoms with E-state index in [4.69, 9.17) is 0 Å². The molecule has 0 aromatic heterocycles. The molecule has 1 aliphatic carbocycles. The second-order valence-electron chi connectivity index (χ2n) is 5.73. The molecule has 1 saturated carbocycles. The van der Waals surface area contributed by atoms with Crippen molar-refractivity contribution in [3.05, 3.63) is 0 Å². The molecule has 0 radical (unpaired) electrons. The van der Waals surface area contributed by atoms with Gasteiger partial charge in [0.2, 0.25) is 0 Å². The molecule has 0 aliphatic heterocycles. The van der Waals surface area contributed by atoms with Gasteiger partial charge in [-0.05, 0) is 44.7 Å². The highest BCUT2D eigenvalue weighted by atomic mass is 15.1. The maximum Gasteiger partial charge on any atom is 0.0107 e. The quantitative estimate of drug-likeness (QED) is 0.704. The summed E-state index contributed by atoms with van der Waals surface area (Å²) in [7, 11) is 2.28. The molecule has 0 aromatic rings. The molecule has 0 atom stereocenters. The Balaban J connectivity index is 2.21. The molecule has 0 amide bonds. The Morgan fingerprint density at radius 2 is 1.87 bits per heavy atom. The second kappa shape index (κ2) is 5.86. The summed E-state index contributed by atoms with van der Waals surface area (Å²) in [6.07, 6.45) is 5.55. The van der Waals surface area contributed by atoms with Crippen molar-refractivity contribution in [3.63, 3.8) is 0 Å². The minimum atomic E-state index is 0.596. The minimum absolute atomic E-state index is 0.596. The number of hydrogen-bond acceptors (Lipinski definition) is 2. The molecule has 0 heterocycles. The molecule has 0 unspecified atom stereocenters. The van der Waals surface area contributed by atoms with Crippen LogP contribution < -0.4 is 5.32 Å². The normalized spacial score (nSPS) is 22.2. The van der Waals surface area contributed by atoms with Crippen LogP contribution in [0.25, 0.3) is 0 Å². The third-order valence-corrected chi connectivity index (χ3v) is 3.82. The Hall–Kier alpha value is -0.0800. The van der Waals surface area contributed by atoms with Crippen LogP contribution in [0.5, 0.6) is 0 Å². The molecule has 2 nitrogen and oxygen atoms in total. The monoisotopic (exact) mass is 212 g/mol. The van der Waals surface area contributed by atoms with Crippen LogP contribution in [0.3, 0.4) is 0 Å². The van der Waals surface area contributed by atoms with Gasteiger partial charge < -0.3 is 10.2 Å². The van der Waals surface area contributed by atoms with Gasteiger partial charge >= 0.3 is 0 Å². The number of hydrogen-bond donors (Lipinski definition) is 1. The van der Waals surface area contributed by atoms with Crippen molar-refractivity contribution in [1.29, 1.82) is 0 Å². The van der Waals surface area contributed by atoms with Crippen LogP contribution in [0, 0.1) is 5.41 Å². The van der Waals surface area contributed by atoms with Crippen molar-refractivity contribution in [2.75, 3.05) is 26.7 Å². The summed E-state index contributed by atoms with van der Waals surface area (Å²) < 4.78 is 0. The standard InChI is InChI=1S/C13H28N2/c1-5-14-10-11-15(4)12-6-8-13(2,3)9-7-12/h12,14H,5-11H2,1-4H3. The molecule has 0 bridgehead atoms. The average molecular weight is 212 g/mol. The molecule has 1 N–H and O–H groups in total. The summed E-state index contributed by atoms with van der Waals surface area (Å²) in [5.74, 6) is 0. The van der Waals surface area contributed by atoms with Crippen LogP contribution in [0.1, 0.15) is 46.5 Å². The molecule has 0 aromatic carbocycles. The van der Waals surface area contributed by atoms with E-state index in [1.54, 1.807) is 0 Å². The van der Waals surface area contributed by atoms with Gasteiger partial charge in [0.05, 0.1) is 0 Å². The first-order valence-electron chi connectivity index (χ1n) is 6.46. The van der Waals surface area contributed by atoms with E-state index in [1.165, 1.54) is 32.2 Å². The Morgan fingerprint density at radius 3 is 2.40 bits per heavy atom. The summed E-state index contributed by atoms with van der Waals surface area (Å²) in [5, 5.41) is 3.39. The van der Waals surface area contributed by atoms with Gasteiger partial charge in [0, 0.05) is 19.1 Å². The highest BCUT2D eigenvalue weighted by molar-refractivity contribution is 4.82. The van der Waals surface area contributed by atoms with E-state index in [0.29, 0.717) is 5.41 Å². The Labute approximate surface area is 95.4 Å². The summed E-state index contributed by atoms with van der Waals surface area (Å²) >= 11 is 0. The van der Waals surface area contributed by atoms with Crippen molar-refractivity contribution >= 4 is 0 Å². The van der Waals surface area contributed by atoms with E-state index < -0.39 is 0 Å². The van der Waals surface area contributed by atoms with Crippen molar-refractivity contribution in [2.24, 2.45) is 5.41 Å². The molecule has 1 aliphatic rings. The maximum absolute atomic E-state index is 3.39. The first-order chi connectivity index (χ1) is 7.05. The first-order valence-corrected chi connectivity index (χ1v) is 6.46. The SMILES string of the molecule is CCNCCN(C)C1CCC(C)(C)CC1. The zero-order valence-electron chi connectivity index (χ0n) is 11.0. The topological polar surface area (TPSA) is 15.3 Å². The van der Waals surface area contributed by atoms with E-state index in [0.717, 1.165) is 19.1 Å². The fraction of sp³-hybridized carbons (Fsp3) is 1.00. The van der Waals surface area contributed by atoms with Crippen LogP contribution in [-0.4, -0.2) is 37.6 Å². The molecule has 2 heteroatoms. The Kier molecular flexibility index (Phi) is 5.07. The van der Waals surface area contributed by atoms with Gasteiger partial charge in [-0.1, -0.05) is 20.8 Å². The average Bonchev–Trinajstić information content (AvgIpc) is 2.18. The predicted octanol–water partition coefficient (Wildman–Crippen LogP) is 2.50. The lowest BCUT2D eigenvalue weighted by Gasteiger charge is -2.38. The highest BCUT2D eigenvalue weighted by Gasteiger charge is 2.28. The smallest absolute Gasteiger partial charge is 0.0107 e. The molecule has 90 valence electrons. The number of rotatable bonds is 5. The molecule has 1 rings (SSSR count). The summed E-state index contributed by atoms with van der Waals surface area (Å²) in [6.45, 7) is 10.4. The van der Waals surface area contributed by atoms with E-state index in [2.05, 4.69) is 38.0 Å². The maximum atomic E-state index is 3.39. The van der Waals surface area contributed by atoms with Crippen molar-refractivity contribution in [2.45, 2.75) is 52.5 Å². The third-order valence-electron chi connectivity index (χ3n) is 3.82. The highest BCUT2D eigenvalue weighted by Crippen LogP contribution is 2.36. The molecule has 15 heavy (non-hydrogen) atoms. The summed E-state index contributed by atoms with van der Waals surface area (Å²) in [6, 6.07) is 0.830. The number of nitrogens with zero attached hydrogens (tertiary/aromatic N) is 1. The fourth-order valence-electron chi connectivity index (χ4n) is 2.44. The molecule has 0 spiro atoms. The van der Waals surface area contributed by atoms with Crippen LogP contribution in [0.15, 0.2) is 0 Å². The summed E-state index contributed by atoms with van der Waals surface area (Å²) in [4.78, 5) is 2.54. The van der Waals surface area contributed by atoms with Crippen LogP contribution in [-0.2, 0) is 0 Å². The minimum Gasteiger partial charge on any atom is -0.316 e. The van der Waals surface area contributed by atoms with E-state index in [9.17, 15) is 0 Å². The summed E-state index contributed by atoms with van der Waals surface area (Å²) in [5.41, 5.74) is 0.596. The number of nitrogens with one attached hydrogen (secondary N) is 1. The predicted molar refractivity (Wildman–Crippen MR) is 67.2 cm³/mol. The van der Waals surface area contributed by atoms with Gasteiger partial charge in [0.1, 0.15) is 0 Å². The lowest BCUT2D eigenvalue weighted by molar-refractivity contribution is 0.128. The first kappa shape index (κ1) is 13.0. The lowest BCUT2D eigenvalue weighted by atomic mass is 9.75. The van der Waals surface area contributed by atoms with Crippen LogP contribution in [0.2, 0.25) is 0 Å². The van der Waals surface area contributed by atoms with E-state index in [-0.39, 0.29) is 0 Å².